The Hall–Kier alpha value is -2.83. The van der Waals surface area contributed by atoms with Crippen LogP contribution in [0.4, 0.5) is 5.69 Å². The molecule has 0 aliphatic carbocycles. The van der Waals surface area contributed by atoms with Crippen LogP contribution in [-0.2, 0) is 17.8 Å². The topological polar surface area (TPSA) is 76.5 Å². The maximum absolute atomic E-state index is 12.9. The highest BCUT2D eigenvalue weighted by molar-refractivity contribution is 6.02. The predicted molar refractivity (Wildman–Crippen MR) is 103 cm³/mol. The highest BCUT2D eigenvalue weighted by atomic mass is 16.5. The number of imidazole rings is 1. The Kier molecular flexibility index (Phi) is 5.48. The Bertz CT molecular complexity index is 824. The third kappa shape index (κ3) is 4.13. The summed E-state index contributed by atoms with van der Waals surface area (Å²) in [5.41, 5.74) is 2.52. The van der Waals surface area contributed by atoms with Crippen molar-refractivity contribution in [2.75, 3.05) is 11.9 Å². The van der Waals surface area contributed by atoms with Crippen molar-refractivity contribution in [1.29, 1.82) is 0 Å². The predicted octanol–water partition coefficient (Wildman–Crippen LogP) is 3.02. The second-order valence-electron chi connectivity index (χ2n) is 7.26. The first-order chi connectivity index (χ1) is 12.9. The lowest BCUT2D eigenvalue weighted by molar-refractivity contribution is -0.119. The van der Waals surface area contributed by atoms with E-state index in [1.807, 2.05) is 56.5 Å². The second-order valence-corrected chi connectivity index (χ2v) is 7.26. The van der Waals surface area contributed by atoms with Crippen LogP contribution >= 0.6 is 0 Å². The minimum absolute atomic E-state index is 0.0983. The summed E-state index contributed by atoms with van der Waals surface area (Å²) in [4.78, 5) is 30.2. The van der Waals surface area contributed by atoms with E-state index in [9.17, 15) is 9.59 Å². The van der Waals surface area contributed by atoms with E-state index in [1.54, 1.807) is 4.90 Å². The number of nitrogens with one attached hydrogen (secondary N) is 1. The second kappa shape index (κ2) is 7.82. The fraction of sp³-hybridized carbons (Fsp3) is 0.450. The third-order valence-corrected chi connectivity index (χ3v) is 4.43. The maximum atomic E-state index is 12.9. The molecule has 7 nitrogen and oxygen atoms in total. The molecule has 0 spiro atoms. The summed E-state index contributed by atoms with van der Waals surface area (Å²) in [5.74, 6) is 0.884. The zero-order valence-corrected chi connectivity index (χ0v) is 16.2. The summed E-state index contributed by atoms with van der Waals surface area (Å²) in [6.45, 7) is 9.09. The molecule has 3 rings (SSSR count). The smallest absolute Gasteiger partial charge is 0.291 e. The van der Waals surface area contributed by atoms with Crippen LogP contribution in [0.5, 0.6) is 5.75 Å². The maximum Gasteiger partial charge on any atom is 0.291 e. The molecule has 7 heteroatoms. The van der Waals surface area contributed by atoms with E-state index < -0.39 is 0 Å². The van der Waals surface area contributed by atoms with Gasteiger partial charge >= 0.3 is 0 Å². The average molecular weight is 370 g/mol. The van der Waals surface area contributed by atoms with Crippen LogP contribution in [-0.4, -0.2) is 39.4 Å². The van der Waals surface area contributed by atoms with Gasteiger partial charge in [-0.1, -0.05) is 0 Å². The summed E-state index contributed by atoms with van der Waals surface area (Å²) in [6.07, 6.45) is 1.63. The van der Waals surface area contributed by atoms with Gasteiger partial charge in [0.05, 0.1) is 18.3 Å². The molecule has 1 N–H and O–H groups in total. The molecule has 2 amide bonds. The largest absolute Gasteiger partial charge is 0.491 e. The van der Waals surface area contributed by atoms with Gasteiger partial charge in [-0.3, -0.25) is 9.59 Å². The summed E-state index contributed by atoms with van der Waals surface area (Å²) in [6, 6.07) is 7.39. The molecular weight excluding hydrogens is 344 g/mol. The van der Waals surface area contributed by atoms with E-state index in [4.69, 9.17) is 4.74 Å². The lowest BCUT2D eigenvalue weighted by atomic mass is 10.1. The molecule has 1 aromatic carbocycles. The first-order valence-corrected chi connectivity index (χ1v) is 9.26. The summed E-state index contributed by atoms with van der Waals surface area (Å²) >= 11 is 0. The molecule has 144 valence electrons. The Balaban J connectivity index is 1.82. The minimum Gasteiger partial charge on any atom is -0.491 e. The molecule has 0 saturated carbocycles. The fourth-order valence-electron chi connectivity index (χ4n) is 3.31. The molecular formula is C20H26N4O3. The molecule has 1 aromatic heterocycles. The Morgan fingerprint density at radius 1 is 1.22 bits per heavy atom. The number of hydrogen-bond acceptors (Lipinski definition) is 4. The van der Waals surface area contributed by atoms with E-state index >= 15 is 0 Å². The number of aromatic nitrogens is 2. The van der Waals surface area contributed by atoms with Crippen LogP contribution in [0, 0.1) is 0 Å². The average Bonchev–Trinajstić information content (AvgIpc) is 3.01. The van der Waals surface area contributed by atoms with Crippen LogP contribution in [0.3, 0.4) is 0 Å². The van der Waals surface area contributed by atoms with Gasteiger partial charge in [-0.15, -0.1) is 0 Å². The summed E-state index contributed by atoms with van der Waals surface area (Å²) in [7, 11) is 0. The zero-order chi connectivity index (χ0) is 19.6. The van der Waals surface area contributed by atoms with Gasteiger partial charge < -0.3 is 19.5 Å². The molecule has 2 heterocycles. The minimum atomic E-state index is -0.256. The van der Waals surface area contributed by atoms with Gasteiger partial charge in [-0.05, 0) is 52.0 Å². The van der Waals surface area contributed by atoms with Gasteiger partial charge in [-0.2, -0.15) is 0 Å². The molecule has 0 fully saturated rings. The SMILES string of the molecule is CC(C)Oc1ccc(NC(=O)c2nc3c(n2C(C)C)CCN(C=O)C3)cc1. The van der Waals surface area contributed by atoms with E-state index in [1.165, 1.54) is 0 Å². The Morgan fingerprint density at radius 2 is 1.93 bits per heavy atom. The van der Waals surface area contributed by atoms with Gasteiger partial charge in [-0.25, -0.2) is 4.98 Å². The molecule has 0 bridgehead atoms. The lowest BCUT2D eigenvalue weighted by Crippen LogP contribution is -2.30. The monoisotopic (exact) mass is 370 g/mol. The number of fused-ring (bicyclic) bond motifs is 1. The number of carbonyl (C=O) groups is 2. The number of ether oxygens (including phenoxy) is 1. The zero-order valence-electron chi connectivity index (χ0n) is 16.2. The fourth-order valence-corrected chi connectivity index (χ4v) is 3.31. The Labute approximate surface area is 159 Å². The van der Waals surface area contributed by atoms with E-state index in [0.29, 0.717) is 31.0 Å². The number of carbonyl (C=O) groups excluding carboxylic acids is 2. The van der Waals surface area contributed by atoms with Crippen molar-refractivity contribution in [2.24, 2.45) is 0 Å². The quantitative estimate of drug-likeness (QED) is 0.793. The summed E-state index contributed by atoms with van der Waals surface area (Å²) in [5, 5.41) is 2.91. The summed E-state index contributed by atoms with van der Waals surface area (Å²) < 4.78 is 7.60. The van der Waals surface area contributed by atoms with Gasteiger partial charge in [0.15, 0.2) is 5.82 Å². The van der Waals surface area contributed by atoms with Crippen molar-refractivity contribution < 1.29 is 14.3 Å². The first-order valence-electron chi connectivity index (χ1n) is 9.26. The molecule has 0 saturated heterocycles. The number of hydrogen-bond donors (Lipinski definition) is 1. The molecule has 1 aliphatic heterocycles. The Morgan fingerprint density at radius 3 is 2.52 bits per heavy atom. The number of benzene rings is 1. The molecule has 1 aliphatic rings. The molecule has 2 aromatic rings. The van der Waals surface area contributed by atoms with E-state index in [2.05, 4.69) is 10.3 Å². The third-order valence-electron chi connectivity index (χ3n) is 4.43. The molecule has 0 unspecified atom stereocenters. The van der Waals surface area contributed by atoms with Gasteiger partial charge in [0.25, 0.3) is 5.91 Å². The molecule has 0 radical (unpaired) electrons. The lowest BCUT2D eigenvalue weighted by Gasteiger charge is -2.24. The van der Waals surface area contributed by atoms with Crippen molar-refractivity contribution in [1.82, 2.24) is 14.5 Å². The van der Waals surface area contributed by atoms with Crippen molar-refractivity contribution >= 4 is 18.0 Å². The number of amides is 2. The number of anilines is 1. The highest BCUT2D eigenvalue weighted by Gasteiger charge is 2.27. The normalized spacial score (nSPS) is 13.6. The number of nitrogens with zero attached hydrogens (tertiary/aromatic N) is 3. The van der Waals surface area contributed by atoms with Gasteiger partial charge in [0.1, 0.15) is 5.75 Å². The van der Waals surface area contributed by atoms with E-state index in [0.717, 1.165) is 23.5 Å². The standard InChI is InChI=1S/C20H26N4O3/c1-13(2)24-18-9-10-23(12-25)11-17(18)22-19(24)20(26)21-15-5-7-16(8-6-15)27-14(3)4/h5-8,12-14H,9-11H2,1-4H3,(H,21,26). The van der Waals surface area contributed by atoms with Crippen LogP contribution in [0.1, 0.15) is 55.7 Å². The number of rotatable bonds is 6. The molecule has 27 heavy (non-hydrogen) atoms. The highest BCUT2D eigenvalue weighted by Crippen LogP contribution is 2.24. The van der Waals surface area contributed by atoms with Gasteiger partial charge in [0.2, 0.25) is 6.41 Å². The van der Waals surface area contributed by atoms with Crippen molar-refractivity contribution in [3.05, 3.63) is 41.5 Å². The van der Waals surface area contributed by atoms with E-state index in [-0.39, 0.29) is 18.1 Å². The van der Waals surface area contributed by atoms with Crippen molar-refractivity contribution in [3.63, 3.8) is 0 Å². The van der Waals surface area contributed by atoms with Crippen LogP contribution in [0.2, 0.25) is 0 Å². The van der Waals surface area contributed by atoms with Crippen molar-refractivity contribution in [2.45, 2.75) is 52.8 Å². The molecule has 0 atom stereocenters. The van der Waals surface area contributed by atoms with Gasteiger partial charge in [0, 0.05) is 30.4 Å². The van der Waals surface area contributed by atoms with Crippen LogP contribution in [0.25, 0.3) is 0 Å². The van der Waals surface area contributed by atoms with Crippen LogP contribution < -0.4 is 10.1 Å². The van der Waals surface area contributed by atoms with Crippen LogP contribution in [0.15, 0.2) is 24.3 Å². The first kappa shape index (κ1) is 18.9. The van der Waals surface area contributed by atoms with Crippen molar-refractivity contribution in [3.8, 4) is 5.75 Å².